The Morgan fingerprint density at radius 2 is 2.14 bits per heavy atom. The van der Waals surface area contributed by atoms with Crippen LogP contribution in [0.1, 0.15) is 5.69 Å². The molecular formula is C15H18N4O2. The molecule has 0 aliphatic rings. The molecule has 0 atom stereocenters. The van der Waals surface area contributed by atoms with Crippen molar-refractivity contribution in [2.45, 2.75) is 6.42 Å². The number of aromatic nitrogens is 2. The van der Waals surface area contributed by atoms with Gasteiger partial charge in [-0.25, -0.2) is 9.78 Å². The summed E-state index contributed by atoms with van der Waals surface area (Å²) in [4.78, 5) is 21.9. The molecule has 21 heavy (non-hydrogen) atoms. The summed E-state index contributed by atoms with van der Waals surface area (Å²) >= 11 is 0. The third-order valence-corrected chi connectivity index (χ3v) is 2.97. The number of methoxy groups -OCH3 is 1. The minimum Gasteiger partial charge on any atom is -0.481 e. The van der Waals surface area contributed by atoms with Crippen molar-refractivity contribution in [1.29, 1.82) is 0 Å². The van der Waals surface area contributed by atoms with Crippen LogP contribution >= 0.6 is 0 Å². The van der Waals surface area contributed by atoms with Gasteiger partial charge in [-0.3, -0.25) is 4.98 Å². The summed E-state index contributed by atoms with van der Waals surface area (Å²) in [5, 5.41) is 2.78. The number of likely N-dealkylation sites (N-methyl/N-ethyl adjacent to an activating group) is 1. The van der Waals surface area contributed by atoms with Gasteiger partial charge in [-0.05, 0) is 18.2 Å². The van der Waals surface area contributed by atoms with Crippen LogP contribution in [0.4, 0.5) is 10.5 Å². The van der Waals surface area contributed by atoms with Crippen LogP contribution in [-0.4, -0.2) is 41.6 Å². The maximum Gasteiger partial charge on any atom is 0.321 e. The lowest BCUT2D eigenvalue weighted by atomic mass is 10.2. The van der Waals surface area contributed by atoms with Crippen molar-refractivity contribution in [1.82, 2.24) is 14.9 Å². The van der Waals surface area contributed by atoms with Gasteiger partial charge in [-0.2, -0.15) is 0 Å². The third-order valence-electron chi connectivity index (χ3n) is 2.97. The minimum atomic E-state index is -0.183. The molecule has 0 spiro atoms. The molecule has 0 aromatic carbocycles. The van der Waals surface area contributed by atoms with Gasteiger partial charge in [0.05, 0.1) is 19.0 Å². The Morgan fingerprint density at radius 1 is 1.29 bits per heavy atom. The van der Waals surface area contributed by atoms with Crippen LogP contribution in [0.5, 0.6) is 5.88 Å². The van der Waals surface area contributed by atoms with Crippen LogP contribution in [0.2, 0.25) is 0 Å². The average Bonchev–Trinajstić information content (AvgIpc) is 2.54. The topological polar surface area (TPSA) is 67.3 Å². The summed E-state index contributed by atoms with van der Waals surface area (Å²) in [6.45, 7) is 0.590. The van der Waals surface area contributed by atoms with Crippen LogP contribution in [0.3, 0.4) is 0 Å². The van der Waals surface area contributed by atoms with Gasteiger partial charge in [-0.1, -0.05) is 6.07 Å². The van der Waals surface area contributed by atoms with Crippen LogP contribution < -0.4 is 10.1 Å². The smallest absolute Gasteiger partial charge is 0.321 e. The van der Waals surface area contributed by atoms with Crippen molar-refractivity contribution < 1.29 is 9.53 Å². The van der Waals surface area contributed by atoms with Crippen molar-refractivity contribution in [2.75, 3.05) is 26.0 Å². The number of rotatable bonds is 5. The summed E-state index contributed by atoms with van der Waals surface area (Å²) in [5.74, 6) is 0.511. The van der Waals surface area contributed by atoms with E-state index in [0.29, 0.717) is 24.5 Å². The van der Waals surface area contributed by atoms with E-state index in [1.807, 2.05) is 18.2 Å². The van der Waals surface area contributed by atoms with Crippen molar-refractivity contribution in [3.63, 3.8) is 0 Å². The number of hydrogen-bond donors (Lipinski definition) is 1. The van der Waals surface area contributed by atoms with E-state index in [-0.39, 0.29) is 6.03 Å². The van der Waals surface area contributed by atoms with Gasteiger partial charge in [0, 0.05) is 38.0 Å². The molecule has 2 rings (SSSR count). The van der Waals surface area contributed by atoms with E-state index in [4.69, 9.17) is 4.74 Å². The second-order valence-electron chi connectivity index (χ2n) is 4.51. The highest BCUT2D eigenvalue weighted by Crippen LogP contribution is 2.11. The highest BCUT2D eigenvalue weighted by molar-refractivity contribution is 5.88. The molecular weight excluding hydrogens is 268 g/mol. The maximum absolute atomic E-state index is 12.0. The lowest BCUT2D eigenvalue weighted by Crippen LogP contribution is -2.33. The molecule has 2 heterocycles. The van der Waals surface area contributed by atoms with E-state index in [1.165, 1.54) is 0 Å². The van der Waals surface area contributed by atoms with Gasteiger partial charge in [0.25, 0.3) is 0 Å². The molecule has 6 nitrogen and oxygen atoms in total. The largest absolute Gasteiger partial charge is 0.481 e. The number of ether oxygens (including phenoxy) is 1. The number of urea groups is 1. The zero-order chi connectivity index (χ0) is 15.1. The lowest BCUT2D eigenvalue weighted by molar-refractivity contribution is 0.223. The van der Waals surface area contributed by atoms with E-state index in [1.54, 1.807) is 43.6 Å². The van der Waals surface area contributed by atoms with Crippen molar-refractivity contribution in [3.05, 3.63) is 48.4 Å². The van der Waals surface area contributed by atoms with Crippen LogP contribution in [0.15, 0.2) is 42.7 Å². The van der Waals surface area contributed by atoms with Gasteiger partial charge in [0.2, 0.25) is 5.88 Å². The van der Waals surface area contributed by atoms with E-state index in [9.17, 15) is 4.79 Å². The van der Waals surface area contributed by atoms with E-state index in [0.717, 1.165) is 5.69 Å². The number of amides is 2. The molecule has 0 unspecified atom stereocenters. The molecule has 0 saturated heterocycles. The summed E-state index contributed by atoms with van der Waals surface area (Å²) in [5.41, 5.74) is 1.59. The first-order valence-electron chi connectivity index (χ1n) is 6.61. The molecule has 6 heteroatoms. The maximum atomic E-state index is 12.0. The van der Waals surface area contributed by atoms with Gasteiger partial charge >= 0.3 is 6.03 Å². The Morgan fingerprint density at radius 3 is 2.76 bits per heavy atom. The summed E-state index contributed by atoms with van der Waals surface area (Å²) < 4.78 is 4.97. The third kappa shape index (κ3) is 4.45. The number of carbonyl (C=O) groups is 1. The molecule has 0 radical (unpaired) electrons. The molecule has 2 aromatic heterocycles. The van der Waals surface area contributed by atoms with Crippen molar-refractivity contribution in [3.8, 4) is 5.88 Å². The predicted octanol–water partition coefficient (Wildman–Crippen LogP) is 2.19. The molecule has 0 aliphatic heterocycles. The first-order valence-corrected chi connectivity index (χ1v) is 6.61. The quantitative estimate of drug-likeness (QED) is 0.915. The SMILES string of the molecule is COc1ccc(NC(=O)N(C)CCc2ccccn2)cn1. The standard InChI is InChI=1S/C15H18N4O2/c1-19(10-8-12-5-3-4-9-16-12)15(20)18-13-6-7-14(21-2)17-11-13/h3-7,9,11H,8,10H2,1-2H3,(H,18,20). The number of hydrogen-bond acceptors (Lipinski definition) is 4. The van der Waals surface area contributed by atoms with Gasteiger partial charge in [0.1, 0.15) is 0 Å². The fraction of sp³-hybridized carbons (Fsp3) is 0.267. The molecule has 2 aromatic rings. The number of nitrogens with zero attached hydrogens (tertiary/aromatic N) is 3. The minimum absolute atomic E-state index is 0.183. The number of anilines is 1. The Hall–Kier alpha value is -2.63. The average molecular weight is 286 g/mol. The lowest BCUT2D eigenvalue weighted by Gasteiger charge is -2.17. The summed E-state index contributed by atoms with van der Waals surface area (Å²) in [6, 6.07) is 9.01. The first-order chi connectivity index (χ1) is 10.2. The van der Waals surface area contributed by atoms with Gasteiger partial charge in [0.15, 0.2) is 0 Å². The molecule has 1 N–H and O–H groups in total. The zero-order valence-corrected chi connectivity index (χ0v) is 12.1. The second-order valence-corrected chi connectivity index (χ2v) is 4.51. The monoisotopic (exact) mass is 286 g/mol. The first kappa shape index (κ1) is 14.8. The number of nitrogens with one attached hydrogen (secondary N) is 1. The zero-order valence-electron chi connectivity index (χ0n) is 12.1. The summed E-state index contributed by atoms with van der Waals surface area (Å²) in [6.07, 6.45) is 4.02. The Kier molecular flexibility index (Phi) is 5.09. The van der Waals surface area contributed by atoms with Crippen LogP contribution in [-0.2, 0) is 6.42 Å². The Balaban J connectivity index is 1.84. The van der Waals surface area contributed by atoms with Crippen LogP contribution in [0, 0.1) is 0 Å². The Labute approximate surface area is 123 Å². The molecule has 110 valence electrons. The highest BCUT2D eigenvalue weighted by Gasteiger charge is 2.09. The number of pyridine rings is 2. The van der Waals surface area contributed by atoms with Crippen LogP contribution in [0.25, 0.3) is 0 Å². The van der Waals surface area contributed by atoms with E-state index < -0.39 is 0 Å². The van der Waals surface area contributed by atoms with Gasteiger partial charge in [-0.15, -0.1) is 0 Å². The summed E-state index contributed by atoms with van der Waals surface area (Å²) in [7, 11) is 3.29. The molecule has 0 bridgehead atoms. The fourth-order valence-electron chi connectivity index (χ4n) is 1.72. The number of carbonyl (C=O) groups excluding carboxylic acids is 1. The molecule has 2 amide bonds. The van der Waals surface area contributed by atoms with Crippen molar-refractivity contribution in [2.24, 2.45) is 0 Å². The Bertz CT molecular complexity index is 572. The molecule has 0 fully saturated rings. The highest BCUT2D eigenvalue weighted by atomic mass is 16.5. The normalized spacial score (nSPS) is 10.0. The van der Waals surface area contributed by atoms with E-state index >= 15 is 0 Å². The van der Waals surface area contributed by atoms with E-state index in [2.05, 4.69) is 15.3 Å². The van der Waals surface area contributed by atoms with Gasteiger partial charge < -0.3 is 15.0 Å². The molecule has 0 aliphatic carbocycles. The predicted molar refractivity (Wildman–Crippen MR) is 80.4 cm³/mol. The molecule has 0 saturated carbocycles. The fourth-order valence-corrected chi connectivity index (χ4v) is 1.72. The second kappa shape index (κ2) is 7.23. The van der Waals surface area contributed by atoms with Crippen molar-refractivity contribution >= 4 is 11.7 Å².